The highest BCUT2D eigenvalue weighted by atomic mass is 19.1. The van der Waals surface area contributed by atoms with E-state index in [-0.39, 0.29) is 17.6 Å². The van der Waals surface area contributed by atoms with E-state index in [9.17, 15) is 9.18 Å². The highest BCUT2D eigenvalue weighted by Crippen LogP contribution is 2.16. The Hall–Kier alpha value is -1.38. The molecule has 0 bridgehead atoms. The van der Waals surface area contributed by atoms with Gasteiger partial charge in [-0.1, -0.05) is 13.8 Å². The topological polar surface area (TPSA) is 29.1 Å². The predicted molar refractivity (Wildman–Crippen MR) is 54.6 cm³/mol. The van der Waals surface area contributed by atoms with Crippen LogP contribution in [0.5, 0.6) is 0 Å². The van der Waals surface area contributed by atoms with Gasteiger partial charge in [-0.3, -0.25) is 4.79 Å². The lowest BCUT2D eigenvalue weighted by atomic mass is 10.1. The first-order chi connectivity index (χ1) is 6.50. The highest BCUT2D eigenvalue weighted by Gasteiger charge is 2.08. The van der Waals surface area contributed by atoms with Gasteiger partial charge >= 0.3 is 0 Å². The molecule has 0 aliphatic heterocycles. The number of amides is 1. The highest BCUT2D eigenvalue weighted by molar-refractivity contribution is 5.92. The van der Waals surface area contributed by atoms with Crippen LogP contribution in [-0.4, -0.2) is 5.91 Å². The van der Waals surface area contributed by atoms with Crippen LogP contribution in [0, 0.1) is 18.7 Å². The van der Waals surface area contributed by atoms with E-state index in [1.54, 1.807) is 13.0 Å². The zero-order valence-corrected chi connectivity index (χ0v) is 8.60. The number of carbonyl (C=O) groups excluding carboxylic acids is 1. The first-order valence-electron chi connectivity index (χ1n) is 4.57. The summed E-state index contributed by atoms with van der Waals surface area (Å²) < 4.78 is 12.7. The summed E-state index contributed by atoms with van der Waals surface area (Å²) in [5.41, 5.74) is 1.41. The number of hydrogen-bond acceptors (Lipinski definition) is 1. The Kier molecular flexibility index (Phi) is 3.23. The number of hydrogen-bond donors (Lipinski definition) is 1. The zero-order valence-electron chi connectivity index (χ0n) is 8.60. The monoisotopic (exact) mass is 195 g/mol. The molecule has 1 aromatic rings. The van der Waals surface area contributed by atoms with Crippen LogP contribution in [0.15, 0.2) is 18.2 Å². The lowest BCUT2D eigenvalue weighted by Gasteiger charge is -2.09. The number of anilines is 1. The Morgan fingerprint density at radius 2 is 2.07 bits per heavy atom. The number of carbonyl (C=O) groups is 1. The normalized spacial score (nSPS) is 10.4. The van der Waals surface area contributed by atoms with Crippen molar-refractivity contribution in [3.63, 3.8) is 0 Å². The van der Waals surface area contributed by atoms with Crippen LogP contribution in [0.2, 0.25) is 0 Å². The van der Waals surface area contributed by atoms with Crippen molar-refractivity contribution in [3.05, 3.63) is 29.6 Å². The molecule has 0 fully saturated rings. The van der Waals surface area contributed by atoms with Gasteiger partial charge in [-0.05, 0) is 30.7 Å². The maximum absolute atomic E-state index is 12.7. The summed E-state index contributed by atoms with van der Waals surface area (Å²) in [7, 11) is 0. The molecule has 0 atom stereocenters. The third kappa shape index (κ3) is 2.55. The van der Waals surface area contributed by atoms with E-state index in [0.29, 0.717) is 5.69 Å². The lowest BCUT2D eigenvalue weighted by Crippen LogP contribution is -2.18. The van der Waals surface area contributed by atoms with Crippen molar-refractivity contribution in [1.29, 1.82) is 0 Å². The zero-order chi connectivity index (χ0) is 10.7. The lowest BCUT2D eigenvalue weighted by molar-refractivity contribution is -0.118. The second kappa shape index (κ2) is 4.22. The molecule has 0 saturated carbocycles. The fraction of sp³-hybridized carbons (Fsp3) is 0.364. The molecule has 0 aliphatic carbocycles. The van der Waals surface area contributed by atoms with E-state index in [1.807, 2.05) is 13.8 Å². The maximum atomic E-state index is 12.7. The second-order valence-corrected chi connectivity index (χ2v) is 3.60. The molecule has 0 saturated heterocycles. The molecule has 0 spiro atoms. The molecular weight excluding hydrogens is 181 g/mol. The van der Waals surface area contributed by atoms with Crippen LogP contribution in [0.4, 0.5) is 10.1 Å². The third-order valence-electron chi connectivity index (χ3n) is 1.97. The summed E-state index contributed by atoms with van der Waals surface area (Å²) in [6.07, 6.45) is 0. The van der Waals surface area contributed by atoms with Crippen LogP contribution in [0.25, 0.3) is 0 Å². The van der Waals surface area contributed by atoms with Gasteiger partial charge in [-0.25, -0.2) is 4.39 Å². The van der Waals surface area contributed by atoms with Crippen molar-refractivity contribution in [3.8, 4) is 0 Å². The first-order valence-corrected chi connectivity index (χ1v) is 4.57. The van der Waals surface area contributed by atoms with Gasteiger partial charge in [0.05, 0.1) is 0 Å². The van der Waals surface area contributed by atoms with Crippen molar-refractivity contribution in [1.82, 2.24) is 0 Å². The fourth-order valence-corrected chi connectivity index (χ4v) is 1.04. The van der Waals surface area contributed by atoms with Gasteiger partial charge in [0.25, 0.3) is 0 Å². The third-order valence-corrected chi connectivity index (χ3v) is 1.97. The van der Waals surface area contributed by atoms with Gasteiger partial charge in [-0.2, -0.15) is 0 Å². The molecule has 0 aromatic heterocycles. The summed E-state index contributed by atoms with van der Waals surface area (Å²) in [5, 5.41) is 2.73. The largest absolute Gasteiger partial charge is 0.326 e. The molecule has 76 valence electrons. The average molecular weight is 195 g/mol. The minimum absolute atomic E-state index is 0.0558. The van der Waals surface area contributed by atoms with Crippen molar-refractivity contribution in [2.24, 2.45) is 5.92 Å². The molecule has 0 radical (unpaired) electrons. The molecule has 1 N–H and O–H groups in total. The summed E-state index contributed by atoms with van der Waals surface area (Å²) in [4.78, 5) is 11.3. The molecule has 2 nitrogen and oxygen atoms in total. The summed E-state index contributed by atoms with van der Waals surface area (Å²) in [6, 6.07) is 4.31. The van der Waals surface area contributed by atoms with Crippen molar-refractivity contribution < 1.29 is 9.18 Å². The van der Waals surface area contributed by atoms with E-state index in [1.165, 1.54) is 12.1 Å². The van der Waals surface area contributed by atoms with Crippen molar-refractivity contribution in [2.45, 2.75) is 20.8 Å². The van der Waals surface area contributed by atoms with E-state index in [4.69, 9.17) is 0 Å². The minimum Gasteiger partial charge on any atom is -0.326 e. The molecule has 1 amide bonds. The van der Waals surface area contributed by atoms with Crippen molar-refractivity contribution in [2.75, 3.05) is 5.32 Å². The van der Waals surface area contributed by atoms with E-state index in [0.717, 1.165) is 5.56 Å². The minimum atomic E-state index is -0.287. The summed E-state index contributed by atoms with van der Waals surface area (Å²) >= 11 is 0. The summed E-state index contributed by atoms with van der Waals surface area (Å²) in [6.45, 7) is 5.39. The Morgan fingerprint density at radius 3 is 2.57 bits per heavy atom. The Labute approximate surface area is 83.1 Å². The average Bonchev–Trinajstić information content (AvgIpc) is 2.09. The fourth-order valence-electron chi connectivity index (χ4n) is 1.04. The molecule has 1 aromatic carbocycles. The van der Waals surface area contributed by atoms with Gasteiger partial charge < -0.3 is 5.32 Å². The number of nitrogens with one attached hydrogen (secondary N) is 1. The number of aryl methyl sites for hydroxylation is 1. The van der Waals surface area contributed by atoms with Gasteiger partial charge in [0.2, 0.25) is 5.91 Å². The van der Waals surface area contributed by atoms with Crippen LogP contribution >= 0.6 is 0 Å². The SMILES string of the molecule is Cc1cc(F)ccc1NC(=O)C(C)C. The Balaban J connectivity index is 2.82. The maximum Gasteiger partial charge on any atom is 0.226 e. The number of halogens is 1. The summed E-state index contributed by atoms with van der Waals surface area (Å²) in [5.74, 6) is -0.413. The standard InChI is InChI=1S/C11H14FNO/c1-7(2)11(14)13-10-5-4-9(12)6-8(10)3/h4-7H,1-3H3,(H,13,14). The van der Waals surface area contributed by atoms with Crippen LogP contribution < -0.4 is 5.32 Å². The predicted octanol–water partition coefficient (Wildman–Crippen LogP) is 2.73. The van der Waals surface area contributed by atoms with E-state index >= 15 is 0 Å². The quantitative estimate of drug-likeness (QED) is 0.772. The number of benzene rings is 1. The smallest absolute Gasteiger partial charge is 0.226 e. The molecule has 0 aliphatic rings. The van der Waals surface area contributed by atoms with Gasteiger partial charge in [0.15, 0.2) is 0 Å². The van der Waals surface area contributed by atoms with Gasteiger partial charge in [0.1, 0.15) is 5.82 Å². The molecule has 3 heteroatoms. The van der Waals surface area contributed by atoms with Crippen LogP contribution in [-0.2, 0) is 4.79 Å². The van der Waals surface area contributed by atoms with Gasteiger partial charge in [-0.15, -0.1) is 0 Å². The van der Waals surface area contributed by atoms with Crippen molar-refractivity contribution >= 4 is 11.6 Å². The number of rotatable bonds is 2. The van der Waals surface area contributed by atoms with Gasteiger partial charge in [0, 0.05) is 11.6 Å². The molecule has 14 heavy (non-hydrogen) atoms. The Bertz CT molecular complexity index is 347. The molecule has 0 unspecified atom stereocenters. The van der Waals surface area contributed by atoms with E-state index in [2.05, 4.69) is 5.32 Å². The first kappa shape index (κ1) is 10.7. The second-order valence-electron chi connectivity index (χ2n) is 3.60. The molecule has 1 rings (SSSR count). The molecule has 0 heterocycles. The molecular formula is C11H14FNO. The van der Waals surface area contributed by atoms with Crippen LogP contribution in [0.1, 0.15) is 19.4 Å². The van der Waals surface area contributed by atoms with E-state index < -0.39 is 0 Å². The van der Waals surface area contributed by atoms with Crippen LogP contribution in [0.3, 0.4) is 0 Å². The Morgan fingerprint density at radius 1 is 1.43 bits per heavy atom.